The van der Waals surface area contributed by atoms with Gasteiger partial charge in [0, 0.05) is 11.4 Å². The van der Waals surface area contributed by atoms with Gasteiger partial charge in [0.1, 0.15) is 30.3 Å². The quantitative estimate of drug-likeness (QED) is 0.636. The lowest BCUT2D eigenvalue weighted by atomic mass is 10.0. The fourth-order valence-electron chi connectivity index (χ4n) is 2.94. The lowest BCUT2D eigenvalue weighted by molar-refractivity contribution is -0.119. The van der Waals surface area contributed by atoms with Gasteiger partial charge in [0.15, 0.2) is 5.82 Å². The van der Waals surface area contributed by atoms with Crippen LogP contribution in [0.15, 0.2) is 36.9 Å². The Labute approximate surface area is 168 Å². The minimum atomic E-state index is -0.478. The fourth-order valence-corrected chi connectivity index (χ4v) is 2.94. The van der Waals surface area contributed by atoms with E-state index in [1.165, 1.54) is 17.3 Å². The molecule has 0 aliphatic heterocycles. The second kappa shape index (κ2) is 8.93. The molecule has 0 fully saturated rings. The van der Waals surface area contributed by atoms with Gasteiger partial charge in [0.05, 0.1) is 5.69 Å². The lowest BCUT2D eigenvalue weighted by Gasteiger charge is -2.14. The van der Waals surface area contributed by atoms with E-state index in [2.05, 4.69) is 37.0 Å². The van der Waals surface area contributed by atoms with Crippen molar-refractivity contribution in [3.05, 3.63) is 53.7 Å². The molecule has 0 saturated carbocycles. The van der Waals surface area contributed by atoms with Crippen LogP contribution in [0, 0.1) is 11.3 Å². The summed E-state index contributed by atoms with van der Waals surface area (Å²) in [5, 5.41) is 28.0. The van der Waals surface area contributed by atoms with Crippen molar-refractivity contribution >= 4 is 23.1 Å². The molecule has 2 N–H and O–H groups in total. The first-order valence-electron chi connectivity index (χ1n) is 9.37. The van der Waals surface area contributed by atoms with E-state index in [1.807, 2.05) is 13.8 Å². The lowest BCUT2D eigenvalue weighted by Crippen LogP contribution is -2.23. The highest BCUT2D eigenvalue weighted by atomic mass is 16.2. The number of amides is 1. The molecule has 1 unspecified atom stereocenters. The number of rotatable bonds is 7. The van der Waals surface area contributed by atoms with Gasteiger partial charge < -0.3 is 10.6 Å². The van der Waals surface area contributed by atoms with Crippen LogP contribution in [0.2, 0.25) is 0 Å². The molecule has 148 valence electrons. The van der Waals surface area contributed by atoms with Gasteiger partial charge in [-0.3, -0.25) is 4.79 Å². The average molecular weight is 390 g/mol. The van der Waals surface area contributed by atoms with Gasteiger partial charge in [-0.1, -0.05) is 13.8 Å². The number of carbonyl (C=O) groups excluding carboxylic acids is 1. The van der Waals surface area contributed by atoms with Gasteiger partial charge in [0.2, 0.25) is 5.91 Å². The molecule has 0 aliphatic rings. The Kier molecular flexibility index (Phi) is 6.14. The molecule has 3 aromatic rings. The second-order valence-electron chi connectivity index (χ2n) is 6.41. The standard InChI is InChI=1S/C20H22N8O/c1-4-16-17(10-21)19(27-26-18(16)5-2)24-14-6-8-15(9-7-14)25-20(29)13(3)28-12-22-11-23-28/h6-9,11-13H,4-5H2,1-3H3,(H,24,27)(H,25,29). The molecule has 1 atom stereocenters. The number of hydrogen-bond acceptors (Lipinski definition) is 7. The predicted octanol–water partition coefficient (Wildman–Crippen LogP) is 3.01. The van der Waals surface area contributed by atoms with Crippen molar-refractivity contribution in [1.82, 2.24) is 25.0 Å². The zero-order chi connectivity index (χ0) is 20.8. The van der Waals surface area contributed by atoms with E-state index in [4.69, 9.17) is 0 Å². The van der Waals surface area contributed by atoms with Gasteiger partial charge in [0.25, 0.3) is 0 Å². The number of nitrogens with one attached hydrogen (secondary N) is 2. The summed E-state index contributed by atoms with van der Waals surface area (Å²) >= 11 is 0. The topological polar surface area (TPSA) is 121 Å². The van der Waals surface area contributed by atoms with Gasteiger partial charge in [-0.25, -0.2) is 9.67 Å². The first kappa shape index (κ1) is 19.9. The number of nitriles is 1. The monoisotopic (exact) mass is 390 g/mol. The van der Waals surface area contributed by atoms with E-state index in [9.17, 15) is 10.1 Å². The van der Waals surface area contributed by atoms with Gasteiger partial charge in [-0.15, -0.1) is 5.10 Å². The molecule has 29 heavy (non-hydrogen) atoms. The van der Waals surface area contributed by atoms with E-state index in [0.717, 1.165) is 23.4 Å². The highest BCUT2D eigenvalue weighted by molar-refractivity contribution is 5.93. The van der Waals surface area contributed by atoms with E-state index >= 15 is 0 Å². The normalized spacial score (nSPS) is 11.5. The van der Waals surface area contributed by atoms with Gasteiger partial charge in [-0.05, 0) is 49.6 Å². The zero-order valence-corrected chi connectivity index (χ0v) is 16.5. The number of aryl methyl sites for hydroxylation is 1. The summed E-state index contributed by atoms with van der Waals surface area (Å²) in [4.78, 5) is 16.2. The Balaban J connectivity index is 1.73. The van der Waals surface area contributed by atoms with E-state index in [-0.39, 0.29) is 5.91 Å². The maximum Gasteiger partial charge on any atom is 0.249 e. The van der Waals surface area contributed by atoms with Crippen molar-refractivity contribution < 1.29 is 4.79 Å². The highest BCUT2D eigenvalue weighted by Crippen LogP contribution is 2.24. The smallest absolute Gasteiger partial charge is 0.249 e. The first-order valence-corrected chi connectivity index (χ1v) is 9.37. The van der Waals surface area contributed by atoms with Crippen LogP contribution >= 0.6 is 0 Å². The van der Waals surface area contributed by atoms with Crippen LogP contribution in [0.25, 0.3) is 0 Å². The maximum absolute atomic E-state index is 12.3. The first-order chi connectivity index (χ1) is 14.1. The molecule has 2 heterocycles. The van der Waals surface area contributed by atoms with Crippen LogP contribution in [-0.4, -0.2) is 30.9 Å². The molecule has 9 nitrogen and oxygen atoms in total. The summed E-state index contributed by atoms with van der Waals surface area (Å²) in [6.07, 6.45) is 4.33. The Morgan fingerprint density at radius 2 is 1.90 bits per heavy atom. The Bertz CT molecular complexity index is 1020. The van der Waals surface area contributed by atoms with Crippen molar-refractivity contribution in [2.45, 2.75) is 39.7 Å². The molecule has 9 heteroatoms. The number of carbonyl (C=O) groups is 1. The number of anilines is 3. The highest BCUT2D eigenvalue weighted by Gasteiger charge is 2.16. The van der Waals surface area contributed by atoms with Crippen molar-refractivity contribution in [1.29, 1.82) is 5.26 Å². The fraction of sp³-hybridized carbons (Fsp3) is 0.300. The molecular weight excluding hydrogens is 368 g/mol. The van der Waals surface area contributed by atoms with Crippen molar-refractivity contribution in [3.8, 4) is 6.07 Å². The molecular formula is C20H22N8O. The molecule has 1 aromatic carbocycles. The van der Waals surface area contributed by atoms with Crippen LogP contribution in [0.5, 0.6) is 0 Å². The molecule has 3 rings (SSSR count). The van der Waals surface area contributed by atoms with Crippen LogP contribution in [0.3, 0.4) is 0 Å². The summed E-state index contributed by atoms with van der Waals surface area (Å²) in [5.74, 6) is 0.231. The van der Waals surface area contributed by atoms with E-state index in [1.54, 1.807) is 31.2 Å². The van der Waals surface area contributed by atoms with Crippen LogP contribution in [0.4, 0.5) is 17.2 Å². The molecule has 2 aromatic heterocycles. The van der Waals surface area contributed by atoms with Gasteiger partial charge in [-0.2, -0.15) is 15.5 Å². The molecule has 0 spiro atoms. The number of benzene rings is 1. The summed E-state index contributed by atoms with van der Waals surface area (Å²) < 4.78 is 1.48. The third-order valence-electron chi connectivity index (χ3n) is 4.59. The summed E-state index contributed by atoms with van der Waals surface area (Å²) in [6, 6.07) is 8.91. The summed E-state index contributed by atoms with van der Waals surface area (Å²) in [5.41, 5.74) is 3.66. The molecule has 0 radical (unpaired) electrons. The van der Waals surface area contributed by atoms with Gasteiger partial charge >= 0.3 is 0 Å². The largest absolute Gasteiger partial charge is 0.338 e. The number of hydrogen-bond donors (Lipinski definition) is 2. The average Bonchev–Trinajstić information content (AvgIpc) is 3.28. The van der Waals surface area contributed by atoms with Crippen molar-refractivity contribution in [2.24, 2.45) is 0 Å². The van der Waals surface area contributed by atoms with Crippen LogP contribution < -0.4 is 10.6 Å². The maximum atomic E-state index is 12.3. The molecule has 0 bridgehead atoms. The molecule has 0 saturated heterocycles. The van der Waals surface area contributed by atoms with Crippen LogP contribution in [0.1, 0.15) is 43.6 Å². The SMILES string of the molecule is CCc1nnc(Nc2ccc(NC(=O)C(C)n3cncn3)cc2)c(C#N)c1CC. The van der Waals surface area contributed by atoms with Crippen LogP contribution in [-0.2, 0) is 17.6 Å². The number of aromatic nitrogens is 5. The Hall–Kier alpha value is -3.80. The second-order valence-corrected chi connectivity index (χ2v) is 6.41. The third-order valence-corrected chi connectivity index (χ3v) is 4.59. The van der Waals surface area contributed by atoms with E-state index in [0.29, 0.717) is 23.5 Å². The number of nitrogens with zero attached hydrogens (tertiary/aromatic N) is 6. The van der Waals surface area contributed by atoms with Crippen molar-refractivity contribution in [2.75, 3.05) is 10.6 Å². The minimum absolute atomic E-state index is 0.198. The molecule has 0 aliphatic carbocycles. The Morgan fingerprint density at radius 1 is 1.17 bits per heavy atom. The zero-order valence-electron chi connectivity index (χ0n) is 16.5. The van der Waals surface area contributed by atoms with Crippen molar-refractivity contribution in [3.63, 3.8) is 0 Å². The summed E-state index contributed by atoms with van der Waals surface area (Å²) in [7, 11) is 0. The summed E-state index contributed by atoms with van der Waals surface area (Å²) in [6.45, 7) is 5.74. The minimum Gasteiger partial charge on any atom is -0.338 e. The van der Waals surface area contributed by atoms with E-state index < -0.39 is 6.04 Å². The predicted molar refractivity (Wildman–Crippen MR) is 109 cm³/mol. The molecule has 1 amide bonds. The Morgan fingerprint density at radius 3 is 2.48 bits per heavy atom. The third kappa shape index (κ3) is 4.38.